The molecule has 0 unspecified atom stereocenters. The summed E-state index contributed by atoms with van der Waals surface area (Å²) in [5, 5.41) is 0. The number of likely N-dealkylation sites (tertiary alicyclic amines) is 2. The number of hydrogen-bond acceptors (Lipinski definition) is 3. The van der Waals surface area contributed by atoms with E-state index in [4.69, 9.17) is 0 Å². The summed E-state index contributed by atoms with van der Waals surface area (Å²) in [7, 11) is 0. The van der Waals surface area contributed by atoms with E-state index < -0.39 is 75.6 Å². The minimum absolute atomic E-state index is 4.27. The highest BCUT2D eigenvalue weighted by Gasteiger charge is 3.00. The van der Waals surface area contributed by atoms with Crippen LogP contribution in [-0.2, 0) is 4.79 Å². The Morgan fingerprint density at radius 1 is 0.412 bits per heavy atom. The number of alkyl halides is 20. The number of hydrogen-bond donors (Lipinski definition) is 0. The summed E-state index contributed by atoms with van der Waals surface area (Å²) in [4.78, 5) is 2.62. The summed E-state index contributed by atoms with van der Waals surface area (Å²) in [6.45, 7) is 0. The van der Waals surface area contributed by atoms with Gasteiger partial charge in [-0.1, -0.05) is 0 Å². The average molecular weight is 556 g/mol. The van der Waals surface area contributed by atoms with Crippen molar-refractivity contribution in [2.75, 3.05) is 0 Å². The lowest BCUT2D eigenvalue weighted by molar-refractivity contribution is -0.375. The van der Waals surface area contributed by atoms with Gasteiger partial charge < -0.3 is 0 Å². The molecule has 0 amide bonds. The van der Waals surface area contributed by atoms with E-state index >= 15 is 0 Å². The quantitative estimate of drug-likeness (QED) is 0.348. The summed E-state index contributed by atoms with van der Waals surface area (Å²) in [6, 6.07) is -47.0. The van der Waals surface area contributed by atoms with Crippen LogP contribution in [0.3, 0.4) is 0 Å². The fourth-order valence-corrected chi connectivity index (χ4v) is 2.76. The molecule has 34 heavy (non-hydrogen) atoms. The molecule has 2 aliphatic rings. The predicted octanol–water partition coefficient (Wildman–Crippen LogP) is 5.28. The van der Waals surface area contributed by atoms with Gasteiger partial charge in [0.2, 0.25) is 0 Å². The van der Waals surface area contributed by atoms with E-state index in [1.54, 1.807) is 0 Å². The van der Waals surface area contributed by atoms with E-state index in [-0.39, 0.29) is 0 Å². The highest BCUT2D eigenvalue weighted by Crippen LogP contribution is 2.68. The Morgan fingerprint density at radius 2 is 0.559 bits per heavy atom. The Hall–Kier alpha value is -1.81. The third kappa shape index (κ3) is 2.56. The van der Waals surface area contributed by atoms with Crippen LogP contribution in [0.4, 0.5) is 87.8 Å². The summed E-state index contributed by atoms with van der Waals surface area (Å²) >= 11 is 0. The molecule has 0 aromatic heterocycles. The average Bonchev–Trinajstić information content (AvgIpc) is 2.69. The van der Waals surface area contributed by atoms with Crippen LogP contribution in [0.2, 0.25) is 0 Å². The fraction of sp³-hybridized carbons (Fsp3) is 0.909. The van der Waals surface area contributed by atoms with Gasteiger partial charge in [-0.15, -0.1) is 9.80 Å². The molecule has 3 nitrogen and oxygen atoms in total. The van der Waals surface area contributed by atoms with Gasteiger partial charge in [0.25, 0.3) is 0 Å². The van der Waals surface area contributed by atoms with Crippen molar-refractivity contribution in [3.05, 3.63) is 0 Å². The lowest BCUT2D eigenvalue weighted by Crippen LogP contribution is -2.70. The third-order valence-corrected chi connectivity index (χ3v) is 4.53. The second-order valence-electron chi connectivity index (χ2n) is 6.54. The zero-order chi connectivity index (χ0) is 27.7. The second-order valence-corrected chi connectivity index (χ2v) is 6.54. The van der Waals surface area contributed by atoms with Crippen LogP contribution in [0, 0.1) is 0 Å². The normalized spacial score (nSPS) is 30.9. The SMILES string of the molecule is O=C(C(F)(F)N1C(F)(F)C(F)(F)C(F)(F)C1(F)F)C(F)(F)N1C(F)(F)C(F)(F)C(F)(F)C1(F)F. The van der Waals surface area contributed by atoms with E-state index in [0.29, 0.717) is 0 Å². The van der Waals surface area contributed by atoms with Crippen LogP contribution >= 0.6 is 0 Å². The van der Waals surface area contributed by atoms with E-state index in [9.17, 15) is 92.6 Å². The Kier molecular flexibility index (Phi) is 5.26. The molecule has 2 aliphatic heterocycles. The first-order valence-electron chi connectivity index (χ1n) is 7.33. The highest BCUT2D eigenvalue weighted by atomic mass is 19.4. The minimum Gasteiger partial charge on any atom is -0.283 e. The molecule has 0 spiro atoms. The fourth-order valence-electron chi connectivity index (χ4n) is 2.76. The maximum Gasteiger partial charge on any atom is 0.394 e. The van der Waals surface area contributed by atoms with E-state index in [2.05, 4.69) is 0 Å². The van der Waals surface area contributed by atoms with Gasteiger partial charge in [0.1, 0.15) is 0 Å². The van der Waals surface area contributed by atoms with Crippen molar-refractivity contribution in [2.24, 2.45) is 0 Å². The van der Waals surface area contributed by atoms with Crippen LogP contribution in [-0.4, -0.2) is 75.6 Å². The molecule has 0 aliphatic carbocycles. The molecule has 200 valence electrons. The van der Waals surface area contributed by atoms with E-state index in [1.165, 1.54) is 0 Å². The molecule has 2 rings (SSSR count). The van der Waals surface area contributed by atoms with E-state index in [0.717, 1.165) is 0 Å². The van der Waals surface area contributed by atoms with Crippen LogP contribution in [0.25, 0.3) is 0 Å². The smallest absolute Gasteiger partial charge is 0.283 e. The van der Waals surface area contributed by atoms with E-state index in [1.807, 2.05) is 0 Å². The third-order valence-electron chi connectivity index (χ3n) is 4.53. The summed E-state index contributed by atoms with van der Waals surface area (Å²) in [5.41, 5.74) is 0. The number of ketones is 1. The lowest BCUT2D eigenvalue weighted by Gasteiger charge is -2.38. The van der Waals surface area contributed by atoms with Gasteiger partial charge in [0.05, 0.1) is 0 Å². The molecule has 2 saturated heterocycles. The number of carbonyl (C=O) groups excluding carboxylic acids is 1. The molecule has 0 aromatic carbocycles. The van der Waals surface area contributed by atoms with Crippen molar-refractivity contribution >= 4 is 5.78 Å². The number of halogens is 20. The first-order chi connectivity index (χ1) is 14.4. The van der Waals surface area contributed by atoms with Gasteiger partial charge in [-0.3, -0.25) is 4.79 Å². The number of Topliss-reactive ketones (excluding diaryl/α,β-unsaturated/α-hetero) is 1. The molecule has 2 fully saturated rings. The van der Waals surface area contributed by atoms with Gasteiger partial charge in [-0.25, -0.2) is 0 Å². The van der Waals surface area contributed by atoms with Crippen LogP contribution < -0.4 is 0 Å². The number of nitrogens with zero attached hydrogens (tertiary/aromatic N) is 2. The van der Waals surface area contributed by atoms with Gasteiger partial charge in [0, 0.05) is 0 Å². The molecule has 0 bridgehead atoms. The maximum absolute atomic E-state index is 13.8. The van der Waals surface area contributed by atoms with Crippen molar-refractivity contribution < 1.29 is 92.6 Å². The van der Waals surface area contributed by atoms with Crippen molar-refractivity contribution in [3.63, 3.8) is 0 Å². The Morgan fingerprint density at radius 3 is 0.706 bits per heavy atom. The van der Waals surface area contributed by atoms with Gasteiger partial charge >= 0.3 is 65.8 Å². The zero-order valence-corrected chi connectivity index (χ0v) is 14.4. The molecule has 0 radical (unpaired) electrons. The standard InChI is InChI=1S/C11F20N2O/c12-2(13,32-8(24,25)4(16,17)5(18,19)9(32,26)27)1(34)3(14,15)33-10(28,29)6(20,21)7(22,23)11(33,30)31. The molecule has 0 aromatic rings. The van der Waals surface area contributed by atoms with Crippen molar-refractivity contribution in [1.82, 2.24) is 9.80 Å². The van der Waals surface area contributed by atoms with Crippen LogP contribution in [0.15, 0.2) is 0 Å². The Labute approximate surface area is 169 Å². The first kappa shape index (κ1) is 28.4. The van der Waals surface area contributed by atoms with Crippen molar-refractivity contribution in [2.45, 2.75) is 60.0 Å². The highest BCUT2D eigenvalue weighted by molar-refractivity contribution is 5.91. The molecule has 2 heterocycles. The number of carbonyl (C=O) groups is 1. The largest absolute Gasteiger partial charge is 0.394 e. The second kappa shape index (κ2) is 6.30. The first-order valence-corrected chi connectivity index (χ1v) is 7.33. The predicted molar refractivity (Wildman–Crippen MR) is 58.2 cm³/mol. The molecule has 23 heteroatoms. The summed E-state index contributed by atoms with van der Waals surface area (Å²) in [6.07, 6.45) is 0. The lowest BCUT2D eigenvalue weighted by atomic mass is 10.2. The van der Waals surface area contributed by atoms with Crippen molar-refractivity contribution in [1.29, 1.82) is 0 Å². The topological polar surface area (TPSA) is 23.6 Å². The molecule has 0 N–H and O–H groups in total. The molecular formula is C11F20N2O. The monoisotopic (exact) mass is 556 g/mol. The molecule has 0 atom stereocenters. The molecule has 0 saturated carbocycles. The van der Waals surface area contributed by atoms with Crippen molar-refractivity contribution in [3.8, 4) is 0 Å². The summed E-state index contributed by atoms with van der Waals surface area (Å²) in [5.74, 6) is -36.3. The summed E-state index contributed by atoms with van der Waals surface area (Å²) < 4.78 is 266. The van der Waals surface area contributed by atoms with Gasteiger partial charge in [-0.05, 0) is 0 Å². The molecular weight excluding hydrogens is 556 g/mol. The zero-order valence-electron chi connectivity index (χ0n) is 14.4. The Balaban J connectivity index is 2.76. The van der Waals surface area contributed by atoms with Crippen LogP contribution in [0.5, 0.6) is 0 Å². The van der Waals surface area contributed by atoms with Gasteiger partial charge in [0.15, 0.2) is 0 Å². The van der Waals surface area contributed by atoms with Gasteiger partial charge in [-0.2, -0.15) is 87.8 Å². The Bertz CT molecular complexity index is 769. The minimum atomic E-state index is -8.01. The number of rotatable bonds is 4. The maximum atomic E-state index is 13.8. The van der Waals surface area contributed by atoms with Crippen LogP contribution in [0.1, 0.15) is 0 Å².